The van der Waals surface area contributed by atoms with Crippen molar-refractivity contribution in [2.75, 3.05) is 19.6 Å². The van der Waals surface area contributed by atoms with E-state index in [-0.39, 0.29) is 11.8 Å². The number of hydrogen-bond donors (Lipinski definition) is 0. The molecular weight excluding hydrogens is 372 g/mol. The first-order valence-electron chi connectivity index (χ1n) is 10.7. The van der Waals surface area contributed by atoms with Crippen LogP contribution in [0.25, 0.3) is 5.57 Å². The molecule has 1 aromatic rings. The van der Waals surface area contributed by atoms with Gasteiger partial charge in [0.25, 0.3) is 11.8 Å². The van der Waals surface area contributed by atoms with E-state index >= 15 is 0 Å². The zero-order chi connectivity index (χ0) is 19.9. The lowest BCUT2D eigenvalue weighted by molar-refractivity contribution is -0.137. The van der Waals surface area contributed by atoms with Gasteiger partial charge in [-0.2, -0.15) is 0 Å². The van der Waals surface area contributed by atoms with Gasteiger partial charge < -0.3 is 4.90 Å². The zero-order valence-electron chi connectivity index (χ0n) is 16.9. The Labute approximate surface area is 173 Å². The van der Waals surface area contributed by atoms with Gasteiger partial charge >= 0.3 is 0 Å². The number of amides is 2. The molecule has 0 atom stereocenters. The van der Waals surface area contributed by atoms with Crippen molar-refractivity contribution in [1.82, 2.24) is 9.80 Å². The molecule has 0 saturated carbocycles. The molecule has 1 aromatic carbocycles. The fourth-order valence-electron chi connectivity index (χ4n) is 4.10. The topological polar surface area (TPSA) is 40.6 Å². The van der Waals surface area contributed by atoms with E-state index in [1.165, 1.54) is 37.0 Å². The predicted octanol–water partition coefficient (Wildman–Crippen LogP) is 5.27. The Morgan fingerprint density at radius 1 is 0.857 bits per heavy atom. The van der Waals surface area contributed by atoms with Gasteiger partial charge in [0.05, 0.1) is 5.57 Å². The zero-order valence-corrected chi connectivity index (χ0v) is 17.6. The monoisotopic (exact) mass is 402 g/mol. The molecule has 2 aliphatic heterocycles. The van der Waals surface area contributed by atoms with E-state index in [9.17, 15) is 9.59 Å². The maximum Gasteiger partial charge on any atom is 0.277 e. The van der Waals surface area contributed by atoms with Crippen molar-refractivity contribution < 1.29 is 9.59 Å². The predicted molar refractivity (Wildman–Crippen MR) is 114 cm³/mol. The summed E-state index contributed by atoms with van der Waals surface area (Å²) in [5, 5.41) is 0.629. The summed E-state index contributed by atoms with van der Waals surface area (Å²) < 4.78 is 0. The van der Waals surface area contributed by atoms with Gasteiger partial charge in [-0.25, -0.2) is 0 Å². The molecule has 152 valence electrons. The number of carbonyl (C=O) groups excluding carboxylic acids is 2. The summed E-state index contributed by atoms with van der Waals surface area (Å²) in [6, 6.07) is 7.26. The summed E-state index contributed by atoms with van der Waals surface area (Å²) >= 11 is 6.03. The standard InChI is InChI=1S/C23H31ClN2O2/c1-2-3-4-5-6-10-17-26-22(27)20(18-11-13-19(24)14-12-18)21(23(26)28)25-15-8-7-9-16-25/h11-14H,2-10,15-17H2,1H3. The molecule has 4 nitrogen and oxygen atoms in total. The summed E-state index contributed by atoms with van der Waals surface area (Å²) in [6.45, 7) is 4.40. The third-order valence-corrected chi connectivity index (χ3v) is 5.94. The third-order valence-electron chi connectivity index (χ3n) is 5.68. The minimum atomic E-state index is -0.151. The molecule has 0 radical (unpaired) electrons. The lowest BCUT2D eigenvalue weighted by atomic mass is 10.0. The van der Waals surface area contributed by atoms with Crippen molar-refractivity contribution >= 4 is 29.0 Å². The van der Waals surface area contributed by atoms with Crippen LogP contribution in [-0.4, -0.2) is 41.2 Å². The maximum absolute atomic E-state index is 13.2. The summed E-state index contributed by atoms with van der Waals surface area (Å²) in [4.78, 5) is 30.0. The molecule has 28 heavy (non-hydrogen) atoms. The quantitative estimate of drug-likeness (QED) is 0.417. The van der Waals surface area contributed by atoms with E-state index in [2.05, 4.69) is 11.8 Å². The fraction of sp³-hybridized carbons (Fsp3) is 0.565. The average molecular weight is 403 g/mol. The molecule has 1 fully saturated rings. The number of carbonyl (C=O) groups is 2. The largest absolute Gasteiger partial charge is 0.366 e. The molecule has 1 saturated heterocycles. The van der Waals surface area contributed by atoms with Gasteiger partial charge in [0.15, 0.2) is 0 Å². The van der Waals surface area contributed by atoms with E-state index in [1.807, 2.05) is 12.1 Å². The highest BCUT2D eigenvalue weighted by atomic mass is 35.5. The third kappa shape index (κ3) is 4.78. The lowest BCUT2D eigenvalue weighted by Gasteiger charge is -2.29. The van der Waals surface area contributed by atoms with Crippen molar-refractivity contribution in [2.45, 2.75) is 64.7 Å². The Morgan fingerprint density at radius 2 is 1.50 bits per heavy atom. The number of benzene rings is 1. The molecule has 2 amide bonds. The molecular formula is C23H31ClN2O2. The fourth-order valence-corrected chi connectivity index (χ4v) is 4.23. The molecule has 0 unspecified atom stereocenters. The molecule has 5 heteroatoms. The van der Waals surface area contributed by atoms with E-state index in [4.69, 9.17) is 11.6 Å². The number of hydrogen-bond acceptors (Lipinski definition) is 3. The van der Waals surface area contributed by atoms with Gasteiger partial charge in [0.1, 0.15) is 5.70 Å². The van der Waals surface area contributed by atoms with Crippen LogP contribution in [0.5, 0.6) is 0 Å². The molecule has 2 aliphatic rings. The van der Waals surface area contributed by atoms with E-state index in [1.54, 1.807) is 12.1 Å². The summed E-state index contributed by atoms with van der Waals surface area (Å²) in [6.07, 6.45) is 10.1. The van der Waals surface area contributed by atoms with Crippen LogP contribution >= 0.6 is 11.6 Å². The molecule has 0 aliphatic carbocycles. The summed E-state index contributed by atoms with van der Waals surface area (Å²) in [5.74, 6) is -0.271. The Bertz CT molecular complexity index is 721. The van der Waals surface area contributed by atoms with Crippen LogP contribution in [-0.2, 0) is 9.59 Å². The van der Waals surface area contributed by atoms with Crippen molar-refractivity contribution in [1.29, 1.82) is 0 Å². The van der Waals surface area contributed by atoms with Crippen LogP contribution in [0.15, 0.2) is 30.0 Å². The lowest BCUT2D eigenvalue weighted by Crippen LogP contribution is -2.37. The van der Waals surface area contributed by atoms with Crippen molar-refractivity contribution in [3.63, 3.8) is 0 Å². The minimum absolute atomic E-state index is 0.120. The molecule has 0 bridgehead atoms. The highest BCUT2D eigenvalue weighted by Gasteiger charge is 2.41. The molecule has 0 spiro atoms. The smallest absolute Gasteiger partial charge is 0.277 e. The minimum Gasteiger partial charge on any atom is -0.366 e. The number of nitrogens with zero attached hydrogens (tertiary/aromatic N) is 2. The van der Waals surface area contributed by atoms with Crippen molar-refractivity contribution in [3.05, 3.63) is 40.5 Å². The second-order valence-corrected chi connectivity index (χ2v) is 8.24. The van der Waals surface area contributed by atoms with Gasteiger partial charge in [-0.1, -0.05) is 62.8 Å². The Balaban J connectivity index is 1.77. The molecule has 3 rings (SSSR count). The highest BCUT2D eigenvalue weighted by Crippen LogP contribution is 2.33. The van der Waals surface area contributed by atoms with E-state index in [0.29, 0.717) is 22.8 Å². The average Bonchev–Trinajstić information content (AvgIpc) is 2.96. The first-order chi connectivity index (χ1) is 13.6. The van der Waals surface area contributed by atoms with Crippen LogP contribution in [0.3, 0.4) is 0 Å². The van der Waals surface area contributed by atoms with Gasteiger partial charge in [-0.3, -0.25) is 14.5 Å². The second-order valence-electron chi connectivity index (χ2n) is 7.81. The molecule has 0 aromatic heterocycles. The number of imide groups is 1. The van der Waals surface area contributed by atoms with Gasteiger partial charge in [0.2, 0.25) is 0 Å². The van der Waals surface area contributed by atoms with E-state index < -0.39 is 0 Å². The summed E-state index contributed by atoms with van der Waals surface area (Å²) in [5.41, 5.74) is 1.93. The van der Waals surface area contributed by atoms with Crippen LogP contribution < -0.4 is 0 Å². The number of unbranched alkanes of at least 4 members (excludes halogenated alkanes) is 5. The van der Waals surface area contributed by atoms with Gasteiger partial charge in [-0.15, -0.1) is 0 Å². The summed E-state index contributed by atoms with van der Waals surface area (Å²) in [7, 11) is 0. The number of likely N-dealkylation sites (tertiary alicyclic amines) is 1. The van der Waals surface area contributed by atoms with E-state index in [0.717, 1.165) is 44.3 Å². The van der Waals surface area contributed by atoms with Gasteiger partial charge in [-0.05, 0) is 43.4 Å². The first-order valence-corrected chi connectivity index (χ1v) is 11.1. The first kappa shape index (κ1) is 20.9. The van der Waals surface area contributed by atoms with Crippen LogP contribution in [0.2, 0.25) is 5.02 Å². The normalized spacial score (nSPS) is 17.8. The van der Waals surface area contributed by atoms with Crippen molar-refractivity contribution in [2.24, 2.45) is 0 Å². The Kier molecular flexibility index (Phi) is 7.55. The number of rotatable bonds is 9. The van der Waals surface area contributed by atoms with Crippen molar-refractivity contribution in [3.8, 4) is 0 Å². The number of piperidine rings is 1. The second kappa shape index (κ2) is 10.1. The Morgan fingerprint density at radius 3 is 2.18 bits per heavy atom. The highest BCUT2D eigenvalue weighted by molar-refractivity contribution is 6.36. The van der Waals surface area contributed by atoms with Crippen LogP contribution in [0, 0.1) is 0 Å². The number of halogens is 1. The van der Waals surface area contributed by atoms with Crippen LogP contribution in [0.4, 0.5) is 0 Å². The van der Waals surface area contributed by atoms with Crippen LogP contribution in [0.1, 0.15) is 70.3 Å². The molecule has 2 heterocycles. The SMILES string of the molecule is CCCCCCCCN1C(=O)C(c2ccc(Cl)cc2)=C(N2CCCCC2)C1=O. The van der Waals surface area contributed by atoms with Gasteiger partial charge in [0, 0.05) is 24.7 Å². The molecule has 0 N–H and O–H groups in total. The Hall–Kier alpha value is -1.81. The maximum atomic E-state index is 13.2.